The Balaban J connectivity index is 2.03. The molecule has 2 rings (SSSR count). The van der Waals surface area contributed by atoms with E-state index >= 15 is 0 Å². The topological polar surface area (TPSA) is 67.6 Å². The second-order valence-electron chi connectivity index (χ2n) is 3.81. The minimum Gasteiger partial charge on any atom is -0.399 e. The van der Waals surface area contributed by atoms with Crippen LogP contribution >= 0.6 is 15.9 Å². The Hall–Kier alpha value is -1.11. The first-order valence-electron chi connectivity index (χ1n) is 5.35. The summed E-state index contributed by atoms with van der Waals surface area (Å²) in [5.74, 6) is -0.153. The summed E-state index contributed by atoms with van der Waals surface area (Å²) in [5.41, 5.74) is 9.62. The number of anilines is 1. The van der Waals surface area contributed by atoms with E-state index in [-0.39, 0.29) is 5.91 Å². The lowest BCUT2D eigenvalue weighted by Crippen LogP contribution is -2.48. The molecule has 1 aliphatic heterocycles. The van der Waals surface area contributed by atoms with Crippen molar-refractivity contribution in [2.75, 3.05) is 32.0 Å². The number of rotatable bonds is 2. The maximum Gasteiger partial charge on any atom is 0.265 e. The second-order valence-corrected chi connectivity index (χ2v) is 4.73. The van der Waals surface area contributed by atoms with Crippen molar-refractivity contribution in [2.45, 2.75) is 0 Å². The molecule has 0 atom stereocenters. The second kappa shape index (κ2) is 5.48. The average molecular weight is 300 g/mol. The van der Waals surface area contributed by atoms with Gasteiger partial charge in [0.15, 0.2) is 0 Å². The van der Waals surface area contributed by atoms with Crippen LogP contribution < -0.4 is 11.2 Å². The molecule has 0 radical (unpaired) electrons. The van der Waals surface area contributed by atoms with Gasteiger partial charge in [-0.25, -0.2) is 5.01 Å². The van der Waals surface area contributed by atoms with Crippen molar-refractivity contribution in [3.63, 3.8) is 0 Å². The van der Waals surface area contributed by atoms with Crippen LogP contribution in [-0.2, 0) is 4.74 Å². The fourth-order valence-corrected chi connectivity index (χ4v) is 2.14. The monoisotopic (exact) mass is 299 g/mol. The van der Waals surface area contributed by atoms with E-state index < -0.39 is 0 Å². The minimum atomic E-state index is -0.153. The van der Waals surface area contributed by atoms with Crippen molar-refractivity contribution in [3.8, 4) is 0 Å². The Bertz CT molecular complexity index is 399. The van der Waals surface area contributed by atoms with Gasteiger partial charge in [0.05, 0.1) is 13.2 Å². The van der Waals surface area contributed by atoms with Gasteiger partial charge in [-0.2, -0.15) is 0 Å². The molecule has 0 spiro atoms. The highest BCUT2D eigenvalue weighted by Gasteiger charge is 2.14. The third-order valence-corrected chi connectivity index (χ3v) is 2.91. The molecule has 17 heavy (non-hydrogen) atoms. The number of hydrogen-bond donors (Lipinski definition) is 2. The molecule has 3 N–H and O–H groups in total. The summed E-state index contributed by atoms with van der Waals surface area (Å²) in [6.45, 7) is 2.69. The van der Waals surface area contributed by atoms with Gasteiger partial charge < -0.3 is 10.5 Å². The van der Waals surface area contributed by atoms with Crippen LogP contribution in [0.2, 0.25) is 0 Å². The van der Waals surface area contributed by atoms with Gasteiger partial charge in [0.2, 0.25) is 0 Å². The van der Waals surface area contributed by atoms with Crippen molar-refractivity contribution >= 4 is 27.5 Å². The summed E-state index contributed by atoms with van der Waals surface area (Å²) in [6.07, 6.45) is 0. The summed E-state index contributed by atoms with van der Waals surface area (Å²) in [5, 5.41) is 1.85. The van der Waals surface area contributed by atoms with Crippen LogP contribution in [0.15, 0.2) is 22.7 Å². The van der Waals surface area contributed by atoms with Gasteiger partial charge in [-0.15, -0.1) is 0 Å². The number of morpholine rings is 1. The van der Waals surface area contributed by atoms with Crippen LogP contribution in [0, 0.1) is 0 Å². The summed E-state index contributed by atoms with van der Waals surface area (Å²) in [6, 6.07) is 5.15. The predicted molar refractivity (Wildman–Crippen MR) is 68.4 cm³/mol. The number of nitrogens with one attached hydrogen (secondary N) is 1. The van der Waals surface area contributed by atoms with Crippen LogP contribution in [0.5, 0.6) is 0 Å². The Morgan fingerprint density at radius 3 is 2.71 bits per heavy atom. The largest absolute Gasteiger partial charge is 0.399 e. The summed E-state index contributed by atoms with van der Waals surface area (Å²) < 4.78 is 6.00. The lowest BCUT2D eigenvalue weighted by atomic mass is 10.2. The number of carbonyl (C=O) groups is 1. The predicted octanol–water partition coefficient (Wildman–Crippen LogP) is 1.01. The fourth-order valence-electron chi connectivity index (χ4n) is 1.63. The van der Waals surface area contributed by atoms with Gasteiger partial charge in [-0.05, 0) is 18.2 Å². The molecular formula is C11H14BrN3O2. The lowest BCUT2D eigenvalue weighted by molar-refractivity contribution is 0.0126. The smallest absolute Gasteiger partial charge is 0.265 e. The van der Waals surface area contributed by atoms with Crippen LogP contribution in [0.25, 0.3) is 0 Å². The quantitative estimate of drug-likeness (QED) is 0.800. The molecule has 0 aliphatic carbocycles. The Labute approximate surface area is 108 Å². The Morgan fingerprint density at radius 1 is 1.35 bits per heavy atom. The van der Waals surface area contributed by atoms with E-state index in [4.69, 9.17) is 10.5 Å². The number of hydrazine groups is 1. The Kier molecular flexibility index (Phi) is 3.98. The van der Waals surface area contributed by atoms with Gasteiger partial charge in [-0.1, -0.05) is 15.9 Å². The highest BCUT2D eigenvalue weighted by atomic mass is 79.9. The zero-order valence-corrected chi connectivity index (χ0v) is 10.9. The summed E-state index contributed by atoms with van der Waals surface area (Å²) >= 11 is 3.31. The van der Waals surface area contributed by atoms with Crippen LogP contribution in [0.4, 0.5) is 5.69 Å². The van der Waals surface area contributed by atoms with Crippen LogP contribution in [0.1, 0.15) is 10.4 Å². The zero-order chi connectivity index (χ0) is 12.3. The lowest BCUT2D eigenvalue weighted by Gasteiger charge is -2.26. The first kappa shape index (κ1) is 12.3. The molecule has 5 nitrogen and oxygen atoms in total. The van der Waals surface area contributed by atoms with Crippen molar-refractivity contribution in [2.24, 2.45) is 0 Å². The van der Waals surface area contributed by atoms with Gasteiger partial charge in [0.1, 0.15) is 0 Å². The number of nitrogens with zero attached hydrogens (tertiary/aromatic N) is 1. The molecule has 0 bridgehead atoms. The van der Waals surface area contributed by atoms with Gasteiger partial charge in [0.25, 0.3) is 5.91 Å². The highest BCUT2D eigenvalue weighted by molar-refractivity contribution is 9.10. The van der Waals surface area contributed by atoms with Crippen molar-refractivity contribution < 1.29 is 9.53 Å². The van der Waals surface area contributed by atoms with Crippen LogP contribution in [0.3, 0.4) is 0 Å². The van der Waals surface area contributed by atoms with Gasteiger partial charge >= 0.3 is 0 Å². The first-order chi connectivity index (χ1) is 8.15. The average Bonchev–Trinajstić information content (AvgIpc) is 2.29. The van der Waals surface area contributed by atoms with Crippen molar-refractivity contribution in [1.82, 2.24) is 10.4 Å². The molecular weight excluding hydrogens is 286 g/mol. The molecule has 1 aromatic carbocycles. The van der Waals surface area contributed by atoms with E-state index in [1.165, 1.54) is 0 Å². The number of nitrogen functional groups attached to an aromatic ring is 1. The van der Waals surface area contributed by atoms with E-state index in [1.807, 2.05) is 5.01 Å². The normalized spacial score (nSPS) is 16.8. The van der Waals surface area contributed by atoms with Gasteiger partial charge in [-0.3, -0.25) is 10.2 Å². The standard InChI is InChI=1S/C11H14BrN3O2/c12-9-5-8(6-10(13)7-9)11(16)14-15-1-3-17-4-2-15/h5-7H,1-4,13H2,(H,14,16). The first-order valence-corrected chi connectivity index (χ1v) is 6.14. The molecule has 1 amide bonds. The molecule has 6 heteroatoms. The number of ether oxygens (including phenoxy) is 1. The summed E-state index contributed by atoms with van der Waals surface area (Å²) in [4.78, 5) is 11.9. The van der Waals surface area contributed by atoms with E-state index in [2.05, 4.69) is 21.4 Å². The minimum absolute atomic E-state index is 0.153. The number of amides is 1. The fraction of sp³-hybridized carbons (Fsp3) is 0.364. The molecule has 1 saturated heterocycles. The van der Waals surface area contributed by atoms with E-state index in [1.54, 1.807) is 18.2 Å². The SMILES string of the molecule is Nc1cc(Br)cc(C(=O)NN2CCOCC2)c1. The molecule has 1 fully saturated rings. The van der Waals surface area contributed by atoms with E-state index in [0.717, 1.165) is 4.47 Å². The number of halogens is 1. The van der Waals surface area contributed by atoms with Crippen molar-refractivity contribution in [1.29, 1.82) is 0 Å². The number of carbonyl (C=O) groups excluding carboxylic acids is 1. The molecule has 1 heterocycles. The maximum atomic E-state index is 11.9. The maximum absolute atomic E-state index is 11.9. The molecule has 1 aromatic rings. The molecule has 0 aromatic heterocycles. The number of hydrogen-bond acceptors (Lipinski definition) is 4. The van der Waals surface area contributed by atoms with Crippen molar-refractivity contribution in [3.05, 3.63) is 28.2 Å². The zero-order valence-electron chi connectivity index (χ0n) is 9.28. The van der Waals surface area contributed by atoms with Crippen LogP contribution in [-0.4, -0.2) is 37.2 Å². The van der Waals surface area contributed by atoms with E-state index in [9.17, 15) is 4.79 Å². The third kappa shape index (κ3) is 3.42. The van der Waals surface area contributed by atoms with Gasteiger partial charge in [0, 0.05) is 28.8 Å². The third-order valence-electron chi connectivity index (χ3n) is 2.45. The number of nitrogens with two attached hydrogens (primary N) is 1. The summed E-state index contributed by atoms with van der Waals surface area (Å²) in [7, 11) is 0. The van der Waals surface area contributed by atoms with E-state index in [0.29, 0.717) is 37.6 Å². The molecule has 0 unspecified atom stereocenters. The highest BCUT2D eigenvalue weighted by Crippen LogP contribution is 2.17. The number of benzene rings is 1. The molecule has 92 valence electrons. The molecule has 1 aliphatic rings. The Morgan fingerprint density at radius 2 is 2.06 bits per heavy atom. The molecule has 0 saturated carbocycles.